The third-order valence-electron chi connectivity index (χ3n) is 3.15. The second kappa shape index (κ2) is 4.01. The van der Waals surface area contributed by atoms with Crippen molar-refractivity contribution in [3.8, 4) is 0 Å². The molecule has 16 heavy (non-hydrogen) atoms. The van der Waals surface area contributed by atoms with Gasteiger partial charge in [-0.3, -0.25) is 9.59 Å². The van der Waals surface area contributed by atoms with Crippen molar-refractivity contribution >= 4 is 23.1 Å². The molecule has 0 radical (unpaired) electrons. The van der Waals surface area contributed by atoms with E-state index in [-0.39, 0.29) is 17.9 Å². The molecule has 1 aliphatic heterocycles. The molecule has 0 N–H and O–H groups in total. The van der Waals surface area contributed by atoms with E-state index < -0.39 is 5.41 Å². The van der Waals surface area contributed by atoms with Crippen molar-refractivity contribution in [2.75, 3.05) is 0 Å². The lowest BCUT2D eigenvalue weighted by Gasteiger charge is -2.19. The Balaban J connectivity index is 2.45. The van der Waals surface area contributed by atoms with Crippen LogP contribution in [0.4, 0.5) is 0 Å². The Morgan fingerprint density at radius 2 is 2.44 bits per heavy atom. The lowest BCUT2D eigenvalue weighted by molar-refractivity contribution is -0.148. The van der Waals surface area contributed by atoms with Crippen LogP contribution in [0.2, 0.25) is 0 Å². The maximum atomic E-state index is 12.0. The second-order valence-corrected chi connectivity index (χ2v) is 5.03. The van der Waals surface area contributed by atoms with E-state index in [4.69, 9.17) is 4.74 Å². The van der Waals surface area contributed by atoms with Gasteiger partial charge in [-0.1, -0.05) is 13.0 Å². The number of ether oxygens (including phenoxy) is 1. The Bertz CT molecular complexity index is 410. The van der Waals surface area contributed by atoms with Crippen molar-refractivity contribution in [2.24, 2.45) is 0 Å². The normalized spacial score (nSPS) is 29.1. The molecule has 0 amide bonds. The van der Waals surface area contributed by atoms with Crippen LogP contribution in [-0.2, 0) is 19.7 Å². The van der Waals surface area contributed by atoms with Crippen LogP contribution >= 0.6 is 11.3 Å². The van der Waals surface area contributed by atoms with Gasteiger partial charge in [0.1, 0.15) is 6.10 Å². The lowest BCUT2D eigenvalue weighted by Crippen LogP contribution is -2.38. The summed E-state index contributed by atoms with van der Waals surface area (Å²) >= 11 is 1.44. The van der Waals surface area contributed by atoms with Crippen LogP contribution in [0.3, 0.4) is 0 Å². The van der Waals surface area contributed by atoms with Crippen LogP contribution in [-0.4, -0.2) is 17.9 Å². The van der Waals surface area contributed by atoms with Gasteiger partial charge in [0, 0.05) is 11.3 Å². The van der Waals surface area contributed by atoms with E-state index in [2.05, 4.69) is 0 Å². The molecule has 0 bridgehead atoms. The zero-order chi connectivity index (χ0) is 11.8. The minimum Gasteiger partial charge on any atom is -0.461 e. The van der Waals surface area contributed by atoms with Crippen LogP contribution in [0.25, 0.3) is 0 Å². The molecule has 1 aromatic rings. The molecule has 0 aromatic carbocycles. The molecule has 1 fully saturated rings. The van der Waals surface area contributed by atoms with Crippen molar-refractivity contribution in [1.82, 2.24) is 0 Å². The van der Waals surface area contributed by atoms with E-state index in [0.29, 0.717) is 6.42 Å². The van der Waals surface area contributed by atoms with Crippen LogP contribution in [0, 0.1) is 0 Å². The molecule has 0 unspecified atom stereocenters. The molecule has 2 heterocycles. The molecular formula is C12H14O3S. The average Bonchev–Trinajstić information content (AvgIpc) is 2.84. The highest BCUT2D eigenvalue weighted by Gasteiger charge is 2.54. The van der Waals surface area contributed by atoms with Crippen LogP contribution < -0.4 is 0 Å². The molecule has 0 aliphatic carbocycles. The van der Waals surface area contributed by atoms with Gasteiger partial charge in [-0.05, 0) is 24.8 Å². The Morgan fingerprint density at radius 1 is 1.69 bits per heavy atom. The SMILES string of the molecule is CC[C@H]1C[C@@](C(C)=O)(c2cccs2)C(=O)O1. The highest BCUT2D eigenvalue weighted by atomic mass is 32.1. The van der Waals surface area contributed by atoms with E-state index in [1.807, 2.05) is 24.4 Å². The summed E-state index contributed by atoms with van der Waals surface area (Å²) in [5.74, 6) is -0.495. The predicted molar refractivity (Wildman–Crippen MR) is 61.5 cm³/mol. The van der Waals surface area contributed by atoms with Crippen molar-refractivity contribution < 1.29 is 14.3 Å². The van der Waals surface area contributed by atoms with Crippen molar-refractivity contribution in [3.05, 3.63) is 22.4 Å². The number of rotatable bonds is 3. The summed E-state index contributed by atoms with van der Waals surface area (Å²) in [6.07, 6.45) is 1.11. The van der Waals surface area contributed by atoms with Gasteiger partial charge in [0.2, 0.25) is 0 Å². The number of carbonyl (C=O) groups excluding carboxylic acids is 2. The summed E-state index contributed by atoms with van der Waals surface area (Å²) in [5.41, 5.74) is -1.03. The van der Waals surface area contributed by atoms with E-state index in [9.17, 15) is 9.59 Å². The Morgan fingerprint density at radius 3 is 2.88 bits per heavy atom. The average molecular weight is 238 g/mol. The zero-order valence-corrected chi connectivity index (χ0v) is 10.2. The molecule has 1 aromatic heterocycles. The fourth-order valence-corrected chi connectivity index (χ4v) is 3.10. The number of hydrogen-bond donors (Lipinski definition) is 0. The topological polar surface area (TPSA) is 43.4 Å². The summed E-state index contributed by atoms with van der Waals surface area (Å²) in [6.45, 7) is 3.43. The molecule has 2 atom stereocenters. The van der Waals surface area contributed by atoms with Gasteiger partial charge in [-0.25, -0.2) is 0 Å². The quantitative estimate of drug-likeness (QED) is 0.599. The third-order valence-corrected chi connectivity index (χ3v) is 4.19. The number of hydrogen-bond acceptors (Lipinski definition) is 4. The molecule has 1 aliphatic rings. The van der Waals surface area contributed by atoms with E-state index >= 15 is 0 Å². The van der Waals surface area contributed by atoms with Gasteiger partial charge >= 0.3 is 5.97 Å². The largest absolute Gasteiger partial charge is 0.461 e. The lowest BCUT2D eigenvalue weighted by atomic mass is 9.79. The highest BCUT2D eigenvalue weighted by Crippen LogP contribution is 2.41. The first kappa shape index (κ1) is 11.3. The second-order valence-electron chi connectivity index (χ2n) is 4.08. The van der Waals surface area contributed by atoms with Gasteiger partial charge < -0.3 is 4.74 Å². The first-order valence-corrected chi connectivity index (χ1v) is 6.25. The van der Waals surface area contributed by atoms with Gasteiger partial charge in [-0.2, -0.15) is 0 Å². The standard InChI is InChI=1S/C12H14O3S/c1-3-9-7-12(8(2)13,11(14)15-9)10-5-4-6-16-10/h4-6,9H,3,7H2,1-2H3/t9-,12+/m0/s1. The van der Waals surface area contributed by atoms with Crippen molar-refractivity contribution in [3.63, 3.8) is 0 Å². The van der Waals surface area contributed by atoms with E-state index in [0.717, 1.165) is 11.3 Å². The Labute approximate surface area is 98.4 Å². The van der Waals surface area contributed by atoms with E-state index in [1.54, 1.807) is 0 Å². The molecule has 86 valence electrons. The van der Waals surface area contributed by atoms with Crippen LogP contribution in [0.1, 0.15) is 31.6 Å². The number of cyclic esters (lactones) is 1. The number of Topliss-reactive ketones (excluding diaryl/α,β-unsaturated/α-hetero) is 1. The highest BCUT2D eigenvalue weighted by molar-refractivity contribution is 7.10. The number of esters is 1. The predicted octanol–water partition coefficient (Wildman–Crippen LogP) is 2.30. The molecule has 4 heteroatoms. The molecule has 3 nitrogen and oxygen atoms in total. The summed E-state index contributed by atoms with van der Waals surface area (Å²) in [5, 5.41) is 1.88. The van der Waals surface area contributed by atoms with Crippen molar-refractivity contribution in [1.29, 1.82) is 0 Å². The summed E-state index contributed by atoms with van der Waals surface area (Å²) in [4.78, 5) is 24.6. The first-order chi connectivity index (χ1) is 7.61. The fraction of sp³-hybridized carbons (Fsp3) is 0.500. The molecular weight excluding hydrogens is 224 g/mol. The summed E-state index contributed by atoms with van der Waals surface area (Å²) in [6, 6.07) is 3.70. The maximum absolute atomic E-state index is 12.0. The summed E-state index contributed by atoms with van der Waals surface area (Å²) < 4.78 is 5.26. The first-order valence-electron chi connectivity index (χ1n) is 5.37. The summed E-state index contributed by atoms with van der Waals surface area (Å²) in [7, 11) is 0. The maximum Gasteiger partial charge on any atom is 0.325 e. The minimum absolute atomic E-state index is 0.115. The van der Waals surface area contributed by atoms with Gasteiger partial charge in [0.25, 0.3) is 0 Å². The number of thiophene rings is 1. The zero-order valence-electron chi connectivity index (χ0n) is 9.36. The Hall–Kier alpha value is -1.16. The van der Waals surface area contributed by atoms with Gasteiger partial charge in [0.15, 0.2) is 11.2 Å². The molecule has 2 rings (SSSR count). The van der Waals surface area contributed by atoms with E-state index in [1.165, 1.54) is 18.3 Å². The smallest absolute Gasteiger partial charge is 0.325 e. The molecule has 0 spiro atoms. The fourth-order valence-electron chi connectivity index (χ4n) is 2.13. The monoisotopic (exact) mass is 238 g/mol. The van der Waals surface area contributed by atoms with Gasteiger partial charge in [0.05, 0.1) is 0 Å². The van der Waals surface area contributed by atoms with Crippen molar-refractivity contribution in [2.45, 2.75) is 38.2 Å². The molecule has 1 saturated heterocycles. The minimum atomic E-state index is -1.03. The third kappa shape index (κ3) is 1.48. The molecule has 0 saturated carbocycles. The number of ketones is 1. The van der Waals surface area contributed by atoms with Crippen LogP contribution in [0.5, 0.6) is 0 Å². The van der Waals surface area contributed by atoms with Crippen LogP contribution in [0.15, 0.2) is 17.5 Å². The van der Waals surface area contributed by atoms with Gasteiger partial charge in [-0.15, -0.1) is 11.3 Å². The number of carbonyl (C=O) groups is 2. The Kier molecular flexibility index (Phi) is 2.84.